The highest BCUT2D eigenvalue weighted by Gasteiger charge is 2.28. The van der Waals surface area contributed by atoms with E-state index in [9.17, 15) is 24.3 Å². The summed E-state index contributed by atoms with van der Waals surface area (Å²) in [5.74, 6) is -1.12. The third-order valence-electron chi connectivity index (χ3n) is 4.89. The molecular weight excluding hydrogens is 545 g/mol. The molecule has 0 spiro atoms. The van der Waals surface area contributed by atoms with E-state index in [1.165, 1.54) is 22.6 Å². The molecule has 0 radical (unpaired) electrons. The summed E-state index contributed by atoms with van der Waals surface area (Å²) in [6.45, 7) is 9.04. The van der Waals surface area contributed by atoms with Crippen molar-refractivity contribution in [2.24, 2.45) is 0 Å². The van der Waals surface area contributed by atoms with Gasteiger partial charge in [-0.15, -0.1) is 11.7 Å². The molecule has 210 valence electrons. The van der Waals surface area contributed by atoms with Crippen molar-refractivity contribution in [1.29, 1.82) is 0 Å². The molecule has 14 heteroatoms. The maximum atomic E-state index is 13.0. The standard InChI is InChI=1S/C22H42N4O6S4/c1-12(2)24-17(21(31)23-10-13(3)27)8-9-35-11-18(20(30)14(4)33)26-22(32)16(6-7-19(28)29)25-15(5)36-34/h12-18,24-25,27,33-34H,6-11H2,1-5H3,(H,23,31)(H,26,32)(H,28,29)/t13-,14?,15?,16+,17+,18+/m1/s1. The number of carboxylic acid groups (broad SMARTS) is 1. The highest BCUT2D eigenvalue weighted by molar-refractivity contribution is 8.68. The molecule has 0 aliphatic rings. The van der Waals surface area contributed by atoms with Crippen LogP contribution in [-0.4, -0.2) is 92.7 Å². The van der Waals surface area contributed by atoms with E-state index in [0.717, 1.165) is 0 Å². The Morgan fingerprint density at radius 2 is 1.53 bits per heavy atom. The Balaban J connectivity index is 5.17. The van der Waals surface area contributed by atoms with Crippen LogP contribution >= 0.6 is 46.8 Å². The lowest BCUT2D eigenvalue weighted by Crippen LogP contribution is -2.53. The fraction of sp³-hybridized carbons (Fsp3) is 0.818. The number of rotatable bonds is 20. The van der Waals surface area contributed by atoms with Gasteiger partial charge < -0.3 is 26.2 Å². The lowest BCUT2D eigenvalue weighted by atomic mass is 10.1. The number of thiol groups is 2. The van der Waals surface area contributed by atoms with Crippen molar-refractivity contribution in [3.05, 3.63) is 0 Å². The Kier molecular flexibility index (Phi) is 19.1. The Labute approximate surface area is 233 Å². The summed E-state index contributed by atoms with van der Waals surface area (Å²) < 4.78 is 0. The van der Waals surface area contributed by atoms with Crippen molar-refractivity contribution in [3.8, 4) is 0 Å². The van der Waals surface area contributed by atoms with Crippen LogP contribution in [0.5, 0.6) is 0 Å². The van der Waals surface area contributed by atoms with Crippen LogP contribution in [0.15, 0.2) is 0 Å². The number of Topliss-reactive ketones (excluding diaryl/α,β-unsaturated/α-hetero) is 1. The number of aliphatic carboxylic acids is 1. The first-order valence-corrected chi connectivity index (χ1v) is 15.5. The topological polar surface area (TPSA) is 157 Å². The molecule has 6 N–H and O–H groups in total. The second-order valence-corrected chi connectivity index (χ2v) is 12.3. The molecule has 10 nitrogen and oxygen atoms in total. The van der Waals surface area contributed by atoms with Crippen molar-refractivity contribution in [1.82, 2.24) is 21.3 Å². The Bertz CT molecular complexity index is 699. The van der Waals surface area contributed by atoms with Crippen LogP contribution in [0.3, 0.4) is 0 Å². The van der Waals surface area contributed by atoms with E-state index in [0.29, 0.717) is 12.2 Å². The molecule has 0 saturated carbocycles. The number of aliphatic hydroxyl groups is 1. The molecular formula is C22H42N4O6S4. The number of amides is 2. The summed E-state index contributed by atoms with van der Waals surface area (Å²) in [6.07, 6.45) is -0.301. The minimum atomic E-state index is -1.02. The Morgan fingerprint density at radius 3 is 2.03 bits per heavy atom. The molecule has 0 aliphatic carbocycles. The number of hydrogen-bond acceptors (Lipinski definition) is 11. The third-order valence-corrected chi connectivity index (χ3v) is 7.64. The first-order valence-electron chi connectivity index (χ1n) is 11.9. The van der Waals surface area contributed by atoms with Crippen LogP contribution in [-0.2, 0) is 19.2 Å². The number of aliphatic hydroxyl groups excluding tert-OH is 1. The molecule has 2 unspecified atom stereocenters. The number of carbonyl (C=O) groups excluding carboxylic acids is 3. The van der Waals surface area contributed by atoms with Crippen LogP contribution in [0.2, 0.25) is 0 Å². The van der Waals surface area contributed by atoms with E-state index in [4.69, 9.17) is 5.11 Å². The van der Waals surface area contributed by atoms with Crippen molar-refractivity contribution < 1.29 is 29.4 Å². The smallest absolute Gasteiger partial charge is 0.303 e. The van der Waals surface area contributed by atoms with Gasteiger partial charge in [-0.25, -0.2) is 0 Å². The van der Waals surface area contributed by atoms with Crippen LogP contribution in [0, 0.1) is 0 Å². The van der Waals surface area contributed by atoms with Crippen molar-refractivity contribution in [2.75, 3.05) is 18.1 Å². The van der Waals surface area contributed by atoms with Gasteiger partial charge in [0.25, 0.3) is 0 Å². The van der Waals surface area contributed by atoms with Crippen molar-refractivity contribution in [2.45, 2.75) is 94.8 Å². The molecule has 0 aromatic rings. The normalized spacial score (nSPS) is 16.5. The second kappa shape index (κ2) is 19.4. The number of carboxylic acids is 1. The SMILES string of the molecule is CC(C)N[C@@H](CCSC[C@H](NC(=O)[C@H](CCC(=O)O)NC(C)SS)C(=O)C(C)S)C(=O)NC[C@@H](C)O. The zero-order valence-corrected chi connectivity index (χ0v) is 24.9. The fourth-order valence-electron chi connectivity index (χ4n) is 3.10. The average molecular weight is 587 g/mol. The molecule has 0 heterocycles. The number of ketones is 1. The Hall–Kier alpha value is -0.640. The summed E-state index contributed by atoms with van der Waals surface area (Å²) >= 11 is 9.77. The minimum absolute atomic E-state index is 0.0639. The maximum Gasteiger partial charge on any atom is 0.303 e. The van der Waals surface area contributed by atoms with Gasteiger partial charge in [0.05, 0.1) is 34.9 Å². The predicted octanol–water partition coefficient (Wildman–Crippen LogP) is 1.09. The van der Waals surface area contributed by atoms with E-state index < -0.39 is 41.4 Å². The van der Waals surface area contributed by atoms with Gasteiger partial charge in [-0.3, -0.25) is 24.5 Å². The van der Waals surface area contributed by atoms with Crippen LogP contribution < -0.4 is 21.3 Å². The van der Waals surface area contributed by atoms with Gasteiger partial charge in [-0.05, 0) is 39.4 Å². The number of nitrogens with one attached hydrogen (secondary N) is 4. The number of thioether (sulfide) groups is 1. The molecule has 0 fully saturated rings. The lowest BCUT2D eigenvalue weighted by molar-refractivity contribution is -0.137. The summed E-state index contributed by atoms with van der Waals surface area (Å²) in [7, 11) is 1.19. The van der Waals surface area contributed by atoms with Gasteiger partial charge in [-0.1, -0.05) is 24.6 Å². The highest BCUT2D eigenvalue weighted by Crippen LogP contribution is 2.15. The summed E-state index contributed by atoms with van der Waals surface area (Å²) in [5.41, 5.74) is 0. The van der Waals surface area contributed by atoms with Gasteiger partial charge in [0.1, 0.15) is 0 Å². The molecule has 0 saturated heterocycles. The second-order valence-electron chi connectivity index (χ2n) is 8.87. The molecule has 36 heavy (non-hydrogen) atoms. The fourth-order valence-corrected chi connectivity index (χ4v) is 4.74. The molecule has 0 aliphatic heterocycles. The molecule has 0 bridgehead atoms. The zero-order valence-electron chi connectivity index (χ0n) is 21.5. The molecule has 6 atom stereocenters. The van der Waals surface area contributed by atoms with Gasteiger partial charge in [0, 0.05) is 24.8 Å². The van der Waals surface area contributed by atoms with Crippen molar-refractivity contribution in [3.63, 3.8) is 0 Å². The minimum Gasteiger partial charge on any atom is -0.481 e. The van der Waals surface area contributed by atoms with Crippen LogP contribution in [0.25, 0.3) is 0 Å². The highest BCUT2D eigenvalue weighted by atomic mass is 33.1. The zero-order chi connectivity index (χ0) is 27.8. The van der Waals surface area contributed by atoms with E-state index in [2.05, 4.69) is 45.6 Å². The van der Waals surface area contributed by atoms with Gasteiger partial charge in [0.15, 0.2) is 5.78 Å². The Morgan fingerprint density at radius 1 is 0.917 bits per heavy atom. The first kappa shape index (κ1) is 35.4. The van der Waals surface area contributed by atoms with E-state index >= 15 is 0 Å². The van der Waals surface area contributed by atoms with E-state index in [1.807, 2.05) is 13.8 Å². The quantitative estimate of drug-likeness (QED) is 0.0450. The maximum absolute atomic E-state index is 13.0. The lowest BCUT2D eigenvalue weighted by Gasteiger charge is -2.25. The number of carbonyl (C=O) groups is 4. The van der Waals surface area contributed by atoms with E-state index in [-0.39, 0.29) is 48.2 Å². The van der Waals surface area contributed by atoms with Gasteiger partial charge in [0.2, 0.25) is 11.8 Å². The first-order chi connectivity index (χ1) is 16.8. The molecule has 2 amide bonds. The largest absolute Gasteiger partial charge is 0.481 e. The molecule has 0 aromatic heterocycles. The average Bonchev–Trinajstić information content (AvgIpc) is 2.79. The summed E-state index contributed by atoms with van der Waals surface area (Å²) in [5, 5.41) is 29.3. The monoisotopic (exact) mass is 586 g/mol. The third kappa shape index (κ3) is 16.3. The van der Waals surface area contributed by atoms with Crippen LogP contribution in [0.4, 0.5) is 0 Å². The van der Waals surface area contributed by atoms with Gasteiger partial charge in [-0.2, -0.15) is 24.4 Å². The summed E-state index contributed by atoms with van der Waals surface area (Å²) in [4.78, 5) is 49.2. The van der Waals surface area contributed by atoms with Gasteiger partial charge >= 0.3 is 5.97 Å². The summed E-state index contributed by atoms with van der Waals surface area (Å²) in [6, 6.07) is -2.01. The van der Waals surface area contributed by atoms with E-state index in [1.54, 1.807) is 20.8 Å². The van der Waals surface area contributed by atoms with Crippen LogP contribution in [0.1, 0.15) is 53.9 Å². The number of hydrogen-bond donors (Lipinski definition) is 8. The molecule has 0 rings (SSSR count). The molecule has 0 aromatic carbocycles. The predicted molar refractivity (Wildman–Crippen MR) is 154 cm³/mol. The van der Waals surface area contributed by atoms with Crippen molar-refractivity contribution >= 4 is 70.4 Å².